The first-order valence-electron chi connectivity index (χ1n) is 40.6. The van der Waals surface area contributed by atoms with Crippen molar-refractivity contribution in [2.75, 3.05) is 77.8 Å². The molecule has 0 amide bonds. The summed E-state index contributed by atoms with van der Waals surface area (Å²) >= 11 is 22.2. The molecule has 5 N–H and O–H groups in total. The highest BCUT2D eigenvalue weighted by atomic mass is 79.9. The summed E-state index contributed by atoms with van der Waals surface area (Å²) < 4.78 is 24.2. The van der Waals surface area contributed by atoms with Crippen molar-refractivity contribution in [3.8, 4) is 0 Å². The second-order valence-corrected chi connectivity index (χ2v) is 34.4. The Bertz CT molecular complexity index is 5930. The second kappa shape index (κ2) is 50.3. The Balaban J connectivity index is 0.000000134. The Labute approximate surface area is 787 Å². The number of benzene rings is 3. The van der Waals surface area contributed by atoms with Crippen LogP contribution in [0.25, 0.3) is 0 Å². The highest BCUT2D eigenvalue weighted by Crippen LogP contribution is 2.56. The van der Waals surface area contributed by atoms with Gasteiger partial charge in [-0.15, -0.1) is 23.5 Å². The molecule has 1 unspecified atom stereocenters. The van der Waals surface area contributed by atoms with Crippen LogP contribution in [0.15, 0.2) is 411 Å². The summed E-state index contributed by atoms with van der Waals surface area (Å²) in [6.07, 6.45) is 42.4. The number of nitrogens with zero attached hydrogens (tertiary/aromatic N) is 19. The Morgan fingerprint density at radius 2 is 0.775 bits per heavy atom. The van der Waals surface area contributed by atoms with Crippen LogP contribution in [0.5, 0.6) is 0 Å². The van der Waals surface area contributed by atoms with Gasteiger partial charge in [0, 0.05) is 188 Å². The minimum absolute atomic E-state index is 0.162. The molecule has 0 radical (unpaired) electrons. The number of thioether (sulfide) groups is 2. The molecule has 17 heterocycles. The Morgan fingerprint density at radius 3 is 1.17 bits per heavy atom. The van der Waals surface area contributed by atoms with Gasteiger partial charge in [0.05, 0.1) is 132 Å². The summed E-state index contributed by atoms with van der Waals surface area (Å²) in [4.78, 5) is 72.6. The van der Waals surface area contributed by atoms with E-state index in [1.807, 2.05) is 223 Å². The number of hydrogen-bond acceptors (Lipinski definition) is 26. The summed E-state index contributed by atoms with van der Waals surface area (Å²) in [5.74, 6) is 4.17. The molecule has 0 bridgehead atoms. The molecule has 3 aliphatic heterocycles. The van der Waals surface area contributed by atoms with E-state index in [1.165, 1.54) is 26.9 Å². The Hall–Kier alpha value is -13.3. The van der Waals surface area contributed by atoms with Crippen LogP contribution in [0.3, 0.4) is 0 Å². The summed E-state index contributed by atoms with van der Waals surface area (Å²) in [5.41, 5.74) is 21.2. The van der Waals surface area contributed by atoms with Crippen LogP contribution >= 0.6 is 89.2 Å². The molecule has 17 aromatic rings. The van der Waals surface area contributed by atoms with Crippen molar-refractivity contribution in [1.29, 1.82) is 0 Å². The third-order valence-electron chi connectivity index (χ3n) is 19.1. The molecule has 0 saturated heterocycles. The zero-order valence-electron chi connectivity index (χ0n) is 69.7. The molecule has 129 heavy (non-hydrogen) atoms. The number of aromatic nitrogens is 14. The van der Waals surface area contributed by atoms with Crippen LogP contribution < -0.4 is 40.9 Å². The molecule has 3 aromatic carbocycles. The lowest BCUT2D eigenvalue weighted by molar-refractivity contribution is 0.461. The molecule has 650 valence electrons. The first-order chi connectivity index (χ1) is 63.4. The van der Waals surface area contributed by atoms with E-state index in [4.69, 9.17) is 33.9 Å². The maximum atomic E-state index is 12.7. The molecule has 24 nitrogen and oxygen atoms in total. The molecular weight excluding hydrogens is 1840 g/mol. The van der Waals surface area contributed by atoms with Gasteiger partial charge in [-0.25, -0.2) is 19.9 Å². The number of halogens is 4. The van der Waals surface area contributed by atoms with E-state index in [1.54, 1.807) is 130 Å². The number of nitrogens with one attached hydrogen (secondary N) is 2. The van der Waals surface area contributed by atoms with Crippen LogP contribution in [-0.2, 0) is 25.0 Å². The summed E-state index contributed by atoms with van der Waals surface area (Å²) in [7, 11) is -3.05. The van der Waals surface area contributed by atoms with Gasteiger partial charge in [-0.2, -0.15) is 0 Å². The molecule has 3 aliphatic rings. The Kier molecular flexibility index (Phi) is 36.4. The van der Waals surface area contributed by atoms with Gasteiger partial charge >= 0.3 is 0 Å². The molecule has 31 heteroatoms. The second-order valence-electron chi connectivity index (χ2n) is 27.8. The first-order valence-corrected chi connectivity index (χ1v) is 46.9. The average Bonchev–Trinajstić information content (AvgIpc) is 0.790. The van der Waals surface area contributed by atoms with E-state index in [2.05, 4.69) is 194 Å². The number of nitrogens with two attached hydrogens (primary N) is 1. The van der Waals surface area contributed by atoms with E-state index >= 15 is 0 Å². The number of fused-ring (bicyclic) bond motifs is 3. The molecule has 20 rings (SSSR count). The number of hydrogen-bond donors (Lipinski definition) is 4. The highest BCUT2D eigenvalue weighted by molar-refractivity contribution is 9.10. The zero-order chi connectivity index (χ0) is 89.3. The molecule has 0 fully saturated rings. The smallest absolute Gasteiger partial charge is 0.138 e. The van der Waals surface area contributed by atoms with Crippen LogP contribution in [0.1, 0.15) is 22.3 Å². The van der Waals surface area contributed by atoms with Gasteiger partial charge in [-0.3, -0.25) is 49.8 Å². The highest BCUT2D eigenvalue weighted by Gasteiger charge is 2.28. The SMILES string of the molecule is Brc1cccnc1.Clc1ncccc1CBr.Clc1ncccc1CN(c1cccnc1)c1cccnc1.Nc1cccnc1.[O-]S1(O)CCN(c2ncccc2CN(c2cccnc2)c2cccnc2)c2ccccc21.c1ccc2c(c1)NCCS2.c1cncc(N(Cc2cccnc2N2CCSc3ccccc32)c2cccnc2)c1.c1cncc(Nc2cccnc2)c1. The van der Waals surface area contributed by atoms with Crippen molar-refractivity contribution in [2.24, 2.45) is 0 Å². The largest absolute Gasteiger partial charge is 0.764 e. The number of para-hydroxylation sites is 3. The van der Waals surface area contributed by atoms with E-state index < -0.39 is 10.6 Å². The fourth-order valence-corrected chi connectivity index (χ4v) is 17.7. The maximum absolute atomic E-state index is 12.7. The lowest BCUT2D eigenvalue weighted by Crippen LogP contribution is -2.32. The van der Waals surface area contributed by atoms with Gasteiger partial charge in [0.15, 0.2) is 0 Å². The van der Waals surface area contributed by atoms with E-state index in [0.29, 0.717) is 47.1 Å². The summed E-state index contributed by atoms with van der Waals surface area (Å²) in [5, 5.41) is 8.37. The number of rotatable bonds is 17. The molecule has 0 spiro atoms. The van der Waals surface area contributed by atoms with Crippen LogP contribution in [0.4, 0.5) is 79.9 Å². The molecule has 0 aliphatic carbocycles. The van der Waals surface area contributed by atoms with Crippen molar-refractivity contribution in [3.63, 3.8) is 0 Å². The normalized spacial score (nSPS) is 13.3. The Morgan fingerprint density at radius 1 is 0.395 bits per heavy atom. The van der Waals surface area contributed by atoms with Crippen molar-refractivity contribution in [3.05, 3.63) is 428 Å². The van der Waals surface area contributed by atoms with Crippen LogP contribution in [0, 0.1) is 0 Å². The number of pyridine rings is 14. The van der Waals surface area contributed by atoms with E-state index in [0.717, 1.165) is 114 Å². The fraction of sp³-hybridized carbons (Fsp3) is 0.102. The average molecular weight is 1930 g/mol. The fourth-order valence-electron chi connectivity index (χ4n) is 13.1. The lowest BCUT2D eigenvalue weighted by Gasteiger charge is -2.52. The minimum Gasteiger partial charge on any atom is -0.764 e. The number of nitrogen functional groups attached to an aromatic ring is 1. The van der Waals surface area contributed by atoms with E-state index in [-0.39, 0.29) is 5.75 Å². The molecule has 0 saturated carbocycles. The predicted octanol–water partition coefficient (Wildman–Crippen LogP) is 24.0. The molecule has 1 atom stereocenters. The van der Waals surface area contributed by atoms with Crippen molar-refractivity contribution < 1.29 is 9.11 Å². The van der Waals surface area contributed by atoms with Crippen molar-refractivity contribution in [2.45, 2.75) is 39.7 Å². The lowest BCUT2D eigenvalue weighted by atomic mass is 10.1. The van der Waals surface area contributed by atoms with Gasteiger partial charge in [0.1, 0.15) is 21.9 Å². The minimum atomic E-state index is -3.05. The predicted molar refractivity (Wildman–Crippen MR) is 532 cm³/mol. The zero-order valence-corrected chi connectivity index (χ0v) is 76.8. The maximum Gasteiger partial charge on any atom is 0.138 e. The first kappa shape index (κ1) is 93.3. The van der Waals surface area contributed by atoms with Crippen molar-refractivity contribution in [1.82, 2.24) is 69.8 Å². The van der Waals surface area contributed by atoms with Gasteiger partial charge in [-0.1, -0.05) is 99.8 Å². The standard InChI is InChI=1S/C24H23N5O2S.C24H21N5S.C16H13ClN4.C10H9N3.C8H9NS.C6H5BrClN.C5H4BrN.C5H6N2/c30-32(31)15-14-28(22-9-1-2-10-23(22)32)24-19(6-3-13-27-24)18-29(20-7-4-11-25-16-20)21-8-5-12-26-17-21;1-2-10-23-22(9-1)28(14-15-30-23)24-19(6-3-13-27-24)18-29(20-7-4-11-25-16-20)21-8-5-12-26-17-21;17-16-13(4-1-9-20-16)12-21(14-5-2-7-18-10-14)15-6-3-8-19-11-15;1-3-9(7-11-5-1)13-10-4-2-6-12-8-10;1-2-4-8-7(3-1)9-5-6-10-8;7-4-5-2-1-3-9-6(5)8;2*6-5-2-1-3-7-4-5/h1-13,16-17,30-31H,14-15,18H2;1-13,16-17H,14-15,18H2;1-11H,12H2;1-8,13H;1-4,9H,5-6H2;1-3H,4H2;1-4H;1-4H,6H2/p-1. The molecule has 14 aromatic heterocycles. The number of anilines is 14. The van der Waals surface area contributed by atoms with E-state index in [9.17, 15) is 9.11 Å². The third-order valence-corrected chi connectivity index (χ3v) is 24.7. The quantitative estimate of drug-likeness (QED) is 0.0486. The topological polar surface area (TPSA) is 290 Å². The van der Waals surface area contributed by atoms with Gasteiger partial charge in [-0.05, 0) is 198 Å². The summed E-state index contributed by atoms with van der Waals surface area (Å²) in [6, 6.07) is 78.9. The van der Waals surface area contributed by atoms with Crippen molar-refractivity contribution >= 4 is 169 Å². The van der Waals surface area contributed by atoms with Crippen LogP contribution in [0.2, 0.25) is 10.3 Å². The molecular formula is C98H89Br2Cl2N22O2S3-. The monoisotopic (exact) mass is 1930 g/mol. The number of alkyl halides is 1. The summed E-state index contributed by atoms with van der Waals surface area (Å²) in [6.45, 7) is 4.26. The third kappa shape index (κ3) is 28.3. The van der Waals surface area contributed by atoms with Gasteiger partial charge in [0.2, 0.25) is 0 Å². The van der Waals surface area contributed by atoms with Crippen LogP contribution in [-0.4, -0.2) is 116 Å². The van der Waals surface area contributed by atoms with Gasteiger partial charge < -0.3 is 60.6 Å². The van der Waals surface area contributed by atoms with Gasteiger partial charge in [0.25, 0.3) is 0 Å².